The summed E-state index contributed by atoms with van der Waals surface area (Å²) in [6.07, 6.45) is 5.16. The normalized spacial score (nSPS) is 11.9. The Kier molecular flexibility index (Phi) is 3.92. The molecule has 0 spiro atoms. The summed E-state index contributed by atoms with van der Waals surface area (Å²) in [5.74, 6) is 2.31. The van der Waals surface area contributed by atoms with Crippen LogP contribution < -0.4 is 0 Å². The number of sulfonamides is 1. The lowest BCUT2D eigenvalue weighted by molar-refractivity contribution is 0.282. The first-order chi connectivity index (χ1) is 9.02. The third-order valence-corrected chi connectivity index (χ3v) is 5.96. The molecule has 0 atom stereocenters. The summed E-state index contributed by atoms with van der Waals surface area (Å²) >= 11 is 1.28. The van der Waals surface area contributed by atoms with Gasteiger partial charge >= 0.3 is 0 Å². The fourth-order valence-electron chi connectivity index (χ4n) is 1.83. The number of terminal acetylenes is 1. The van der Waals surface area contributed by atoms with E-state index in [1.807, 2.05) is 12.1 Å². The minimum atomic E-state index is -3.69. The van der Waals surface area contributed by atoms with Gasteiger partial charge in [-0.25, -0.2) is 8.42 Å². The van der Waals surface area contributed by atoms with Crippen LogP contribution in [-0.2, 0) is 16.6 Å². The van der Waals surface area contributed by atoms with E-state index in [2.05, 4.69) is 5.92 Å². The minimum Gasteiger partial charge on any atom is -0.391 e. The van der Waals surface area contributed by atoms with Crippen molar-refractivity contribution in [1.82, 2.24) is 4.31 Å². The quantitative estimate of drug-likeness (QED) is 0.873. The predicted molar refractivity (Wildman–Crippen MR) is 76.4 cm³/mol. The van der Waals surface area contributed by atoms with Gasteiger partial charge in [0.15, 0.2) is 0 Å². The van der Waals surface area contributed by atoms with Crippen molar-refractivity contribution in [2.45, 2.75) is 11.5 Å². The maximum Gasteiger partial charge on any atom is 0.245 e. The smallest absolute Gasteiger partial charge is 0.245 e. The summed E-state index contributed by atoms with van der Waals surface area (Å²) in [4.78, 5) is 0.596. The van der Waals surface area contributed by atoms with Crippen molar-refractivity contribution in [3.63, 3.8) is 0 Å². The fraction of sp³-hybridized carbons (Fsp3) is 0.231. The molecule has 0 amide bonds. The summed E-state index contributed by atoms with van der Waals surface area (Å²) in [6.45, 7) is -0.310. The van der Waals surface area contributed by atoms with E-state index in [0.717, 1.165) is 9.01 Å². The third-order valence-electron chi connectivity index (χ3n) is 2.74. The molecule has 0 aliphatic heterocycles. The number of rotatable bonds is 4. The number of nitrogens with zero attached hydrogens (tertiary/aromatic N) is 1. The Morgan fingerprint density at radius 2 is 2.11 bits per heavy atom. The molecule has 1 aromatic carbocycles. The topological polar surface area (TPSA) is 57.6 Å². The lowest BCUT2D eigenvalue weighted by atomic mass is 10.2. The van der Waals surface area contributed by atoms with E-state index < -0.39 is 10.0 Å². The van der Waals surface area contributed by atoms with Crippen LogP contribution in [0.3, 0.4) is 0 Å². The van der Waals surface area contributed by atoms with Gasteiger partial charge < -0.3 is 5.11 Å². The highest BCUT2D eigenvalue weighted by Crippen LogP contribution is 2.35. The summed E-state index contributed by atoms with van der Waals surface area (Å²) in [7, 11) is -2.25. The van der Waals surface area contributed by atoms with E-state index in [1.165, 1.54) is 18.4 Å². The molecule has 0 aliphatic carbocycles. The van der Waals surface area contributed by atoms with E-state index in [0.29, 0.717) is 10.3 Å². The summed E-state index contributed by atoms with van der Waals surface area (Å²) in [5, 5.41) is 10.0. The lowest BCUT2D eigenvalue weighted by Gasteiger charge is -2.14. The third kappa shape index (κ3) is 2.38. The van der Waals surface area contributed by atoms with Crippen molar-refractivity contribution in [3.05, 3.63) is 29.1 Å². The molecule has 2 aromatic rings. The predicted octanol–water partition coefficient (Wildman–Crippen LogP) is 1.65. The van der Waals surface area contributed by atoms with E-state index in [1.54, 1.807) is 12.1 Å². The first kappa shape index (κ1) is 14.0. The van der Waals surface area contributed by atoms with Gasteiger partial charge in [0, 0.05) is 17.1 Å². The van der Waals surface area contributed by atoms with E-state index in [9.17, 15) is 13.5 Å². The number of aliphatic hydroxyl groups excluding tert-OH is 1. The molecule has 0 bridgehead atoms. The van der Waals surface area contributed by atoms with Crippen LogP contribution in [-0.4, -0.2) is 31.4 Å². The second-order valence-electron chi connectivity index (χ2n) is 3.97. The molecule has 0 saturated carbocycles. The molecule has 0 aliphatic rings. The van der Waals surface area contributed by atoms with Crippen LogP contribution in [0.5, 0.6) is 0 Å². The minimum absolute atomic E-state index is 0.00260. The molecule has 6 heteroatoms. The SMILES string of the molecule is C#CCN(C)S(=O)(=O)c1c(CO)sc2ccccc12. The molecular weight excluding hydrogens is 282 g/mol. The monoisotopic (exact) mass is 295 g/mol. The van der Waals surface area contributed by atoms with E-state index in [4.69, 9.17) is 6.42 Å². The molecule has 19 heavy (non-hydrogen) atoms. The average Bonchev–Trinajstić information content (AvgIpc) is 2.77. The zero-order valence-electron chi connectivity index (χ0n) is 10.3. The number of benzene rings is 1. The molecule has 0 saturated heterocycles. The standard InChI is InChI=1S/C13H13NO3S2/c1-3-8-14(2)19(16,17)13-10-6-4-5-7-11(10)18-12(13)9-15/h1,4-7,15H,8-9H2,2H3. The van der Waals surface area contributed by atoms with Gasteiger partial charge in [0.25, 0.3) is 0 Å². The molecular formula is C13H13NO3S2. The highest BCUT2D eigenvalue weighted by Gasteiger charge is 2.27. The van der Waals surface area contributed by atoms with Crippen LogP contribution in [0, 0.1) is 12.3 Å². The molecule has 100 valence electrons. The Balaban J connectivity index is 2.71. The summed E-state index contributed by atoms with van der Waals surface area (Å²) in [5.41, 5.74) is 0. The van der Waals surface area contributed by atoms with Gasteiger partial charge in [0.2, 0.25) is 10.0 Å². The molecule has 0 fully saturated rings. The van der Waals surface area contributed by atoms with Gasteiger partial charge in [-0.3, -0.25) is 0 Å². The number of aliphatic hydroxyl groups is 1. The highest BCUT2D eigenvalue weighted by atomic mass is 32.2. The van der Waals surface area contributed by atoms with Crippen molar-refractivity contribution in [3.8, 4) is 12.3 Å². The number of hydrogen-bond donors (Lipinski definition) is 1. The molecule has 0 radical (unpaired) electrons. The molecule has 1 aromatic heterocycles. The first-order valence-corrected chi connectivity index (χ1v) is 7.79. The zero-order valence-corrected chi connectivity index (χ0v) is 12.0. The van der Waals surface area contributed by atoms with Gasteiger partial charge in [-0.2, -0.15) is 4.31 Å². The van der Waals surface area contributed by atoms with Gasteiger partial charge in [-0.15, -0.1) is 17.8 Å². The summed E-state index contributed by atoms with van der Waals surface area (Å²) < 4.78 is 27.0. The van der Waals surface area contributed by atoms with Gasteiger partial charge in [-0.05, 0) is 6.07 Å². The highest BCUT2D eigenvalue weighted by molar-refractivity contribution is 7.89. The van der Waals surface area contributed by atoms with E-state index in [-0.39, 0.29) is 18.0 Å². The Morgan fingerprint density at radius 1 is 1.42 bits per heavy atom. The molecule has 0 unspecified atom stereocenters. The zero-order chi connectivity index (χ0) is 14.0. The molecule has 4 nitrogen and oxygen atoms in total. The second-order valence-corrected chi connectivity index (χ2v) is 7.09. The van der Waals surface area contributed by atoms with Crippen molar-refractivity contribution < 1.29 is 13.5 Å². The second kappa shape index (κ2) is 5.31. The van der Waals surface area contributed by atoms with Crippen LogP contribution in [0.25, 0.3) is 10.1 Å². The Morgan fingerprint density at radius 3 is 2.74 bits per heavy atom. The Bertz CT molecular complexity index is 741. The number of fused-ring (bicyclic) bond motifs is 1. The lowest BCUT2D eigenvalue weighted by Crippen LogP contribution is -2.27. The van der Waals surface area contributed by atoms with Crippen molar-refractivity contribution in [2.24, 2.45) is 0 Å². The van der Waals surface area contributed by atoms with Crippen LogP contribution in [0.2, 0.25) is 0 Å². The van der Waals surface area contributed by atoms with Crippen LogP contribution in [0.15, 0.2) is 29.2 Å². The largest absolute Gasteiger partial charge is 0.391 e. The summed E-state index contributed by atoms with van der Waals surface area (Å²) in [6, 6.07) is 7.18. The first-order valence-electron chi connectivity index (χ1n) is 5.53. The maximum absolute atomic E-state index is 12.5. The van der Waals surface area contributed by atoms with Crippen LogP contribution >= 0.6 is 11.3 Å². The number of hydrogen-bond acceptors (Lipinski definition) is 4. The van der Waals surface area contributed by atoms with Gasteiger partial charge in [0.1, 0.15) is 4.90 Å². The molecule has 2 rings (SSSR count). The van der Waals surface area contributed by atoms with Crippen LogP contribution in [0.1, 0.15) is 4.88 Å². The number of thiophene rings is 1. The fourth-order valence-corrected chi connectivity index (χ4v) is 4.66. The van der Waals surface area contributed by atoms with Gasteiger partial charge in [0.05, 0.1) is 18.0 Å². The Labute approximate surface area is 116 Å². The maximum atomic E-state index is 12.5. The van der Waals surface area contributed by atoms with Crippen molar-refractivity contribution >= 4 is 31.4 Å². The van der Waals surface area contributed by atoms with Crippen molar-refractivity contribution in [2.75, 3.05) is 13.6 Å². The van der Waals surface area contributed by atoms with E-state index >= 15 is 0 Å². The Hall–Kier alpha value is -1.39. The van der Waals surface area contributed by atoms with Crippen molar-refractivity contribution in [1.29, 1.82) is 0 Å². The van der Waals surface area contributed by atoms with Crippen LogP contribution in [0.4, 0.5) is 0 Å². The average molecular weight is 295 g/mol. The molecule has 1 heterocycles. The van der Waals surface area contributed by atoms with Gasteiger partial charge in [-0.1, -0.05) is 24.1 Å². The molecule has 1 N–H and O–H groups in total.